The molecule has 0 bridgehead atoms. The van der Waals surface area contributed by atoms with Gasteiger partial charge in [-0.3, -0.25) is 4.79 Å². The van der Waals surface area contributed by atoms with Crippen molar-refractivity contribution in [2.75, 3.05) is 0 Å². The Balaban J connectivity index is 1.91. The Morgan fingerprint density at radius 2 is 2.00 bits per heavy atom. The number of rotatable bonds is 3. The molecule has 1 amide bonds. The highest BCUT2D eigenvalue weighted by molar-refractivity contribution is 5.95. The monoisotopic (exact) mass is 317 g/mol. The topological polar surface area (TPSA) is 54.9 Å². The lowest BCUT2D eigenvalue weighted by Gasteiger charge is -2.43. The van der Waals surface area contributed by atoms with E-state index in [1.807, 2.05) is 0 Å². The van der Waals surface area contributed by atoms with Crippen LogP contribution in [0.2, 0.25) is 0 Å². The highest BCUT2D eigenvalue weighted by atomic mass is 19.1. The standard InChI is InChI=1S/C17H17F2N3O/c1-10-13(9-20-11(2)21-10)16(23)22-17(6-3-7-17)14-5-4-12(18)8-15(14)19/h4-5,8-9H,3,6-7H2,1-2H3,(H,22,23). The van der Waals surface area contributed by atoms with Gasteiger partial charge in [-0.25, -0.2) is 18.7 Å². The summed E-state index contributed by atoms with van der Waals surface area (Å²) in [6, 6.07) is 3.47. The van der Waals surface area contributed by atoms with E-state index in [2.05, 4.69) is 15.3 Å². The van der Waals surface area contributed by atoms with E-state index >= 15 is 0 Å². The lowest BCUT2D eigenvalue weighted by atomic mass is 9.71. The number of nitrogens with one attached hydrogen (secondary N) is 1. The van der Waals surface area contributed by atoms with Gasteiger partial charge in [-0.15, -0.1) is 0 Å². The maximum absolute atomic E-state index is 14.1. The third-order valence-electron chi connectivity index (χ3n) is 4.35. The van der Waals surface area contributed by atoms with E-state index in [9.17, 15) is 13.6 Å². The number of aryl methyl sites for hydroxylation is 2. The van der Waals surface area contributed by atoms with Crippen LogP contribution >= 0.6 is 0 Å². The highest BCUT2D eigenvalue weighted by Gasteiger charge is 2.42. The molecule has 120 valence electrons. The lowest BCUT2D eigenvalue weighted by Crippen LogP contribution is -2.51. The van der Waals surface area contributed by atoms with Gasteiger partial charge in [0.05, 0.1) is 16.8 Å². The van der Waals surface area contributed by atoms with E-state index in [0.29, 0.717) is 35.5 Å². The molecule has 23 heavy (non-hydrogen) atoms. The van der Waals surface area contributed by atoms with Crippen molar-refractivity contribution < 1.29 is 13.6 Å². The van der Waals surface area contributed by atoms with Gasteiger partial charge in [0.15, 0.2) is 0 Å². The van der Waals surface area contributed by atoms with E-state index < -0.39 is 17.2 Å². The molecule has 1 aromatic heterocycles. The number of amides is 1. The zero-order valence-corrected chi connectivity index (χ0v) is 13.0. The van der Waals surface area contributed by atoms with Gasteiger partial charge >= 0.3 is 0 Å². The van der Waals surface area contributed by atoms with Gasteiger partial charge in [0.25, 0.3) is 5.91 Å². The molecule has 1 aromatic carbocycles. The minimum Gasteiger partial charge on any atom is -0.342 e. The molecule has 0 radical (unpaired) electrons. The molecule has 0 atom stereocenters. The molecule has 0 unspecified atom stereocenters. The first-order valence-corrected chi connectivity index (χ1v) is 7.49. The smallest absolute Gasteiger partial charge is 0.255 e. The van der Waals surface area contributed by atoms with E-state index in [0.717, 1.165) is 12.5 Å². The molecule has 1 aliphatic rings. The fraction of sp³-hybridized carbons (Fsp3) is 0.353. The molecule has 0 spiro atoms. The number of aromatic nitrogens is 2. The second-order valence-electron chi connectivity index (χ2n) is 5.93. The van der Waals surface area contributed by atoms with Crippen molar-refractivity contribution in [1.29, 1.82) is 0 Å². The molecule has 1 heterocycles. The van der Waals surface area contributed by atoms with Crippen LogP contribution in [-0.2, 0) is 5.54 Å². The Bertz CT molecular complexity index is 772. The summed E-state index contributed by atoms with van der Waals surface area (Å²) in [6.07, 6.45) is 3.58. The first-order valence-electron chi connectivity index (χ1n) is 7.49. The number of carbonyl (C=O) groups excluding carboxylic acids is 1. The van der Waals surface area contributed by atoms with Crippen molar-refractivity contribution in [3.8, 4) is 0 Å². The average molecular weight is 317 g/mol. The number of hydrogen-bond acceptors (Lipinski definition) is 3. The quantitative estimate of drug-likeness (QED) is 0.946. The molecule has 4 nitrogen and oxygen atoms in total. The first kappa shape index (κ1) is 15.5. The van der Waals surface area contributed by atoms with E-state index in [4.69, 9.17) is 0 Å². The molecule has 6 heteroatoms. The first-order chi connectivity index (χ1) is 10.9. The molecule has 3 rings (SSSR count). The minimum absolute atomic E-state index is 0.323. The maximum atomic E-state index is 14.1. The Morgan fingerprint density at radius 3 is 2.57 bits per heavy atom. The van der Waals surface area contributed by atoms with E-state index in [1.54, 1.807) is 13.8 Å². The van der Waals surface area contributed by atoms with Crippen LogP contribution in [0.15, 0.2) is 24.4 Å². The Kier molecular flexibility index (Phi) is 3.83. The third kappa shape index (κ3) is 2.81. The molecular weight excluding hydrogens is 300 g/mol. The second kappa shape index (κ2) is 5.68. The molecule has 1 fully saturated rings. The van der Waals surface area contributed by atoms with E-state index in [-0.39, 0.29) is 5.91 Å². The van der Waals surface area contributed by atoms with Crippen LogP contribution in [0.5, 0.6) is 0 Å². The van der Waals surface area contributed by atoms with Crippen molar-refractivity contribution in [3.05, 3.63) is 58.7 Å². The Hall–Kier alpha value is -2.37. The van der Waals surface area contributed by atoms with Crippen LogP contribution in [0.3, 0.4) is 0 Å². The summed E-state index contributed by atoms with van der Waals surface area (Å²) in [5, 5.41) is 2.90. The average Bonchev–Trinajstić information content (AvgIpc) is 2.43. The molecule has 1 aliphatic carbocycles. The summed E-state index contributed by atoms with van der Waals surface area (Å²) in [5.41, 5.74) is 0.476. The van der Waals surface area contributed by atoms with Crippen LogP contribution in [0, 0.1) is 25.5 Å². The second-order valence-corrected chi connectivity index (χ2v) is 5.93. The molecule has 1 saturated carbocycles. The van der Waals surface area contributed by atoms with Gasteiger partial charge in [-0.1, -0.05) is 6.07 Å². The van der Waals surface area contributed by atoms with Crippen molar-refractivity contribution in [1.82, 2.24) is 15.3 Å². The number of halogens is 2. The summed E-state index contributed by atoms with van der Waals surface area (Å²) < 4.78 is 27.3. The van der Waals surface area contributed by atoms with Gasteiger partial charge in [0.2, 0.25) is 0 Å². The van der Waals surface area contributed by atoms with Crippen molar-refractivity contribution >= 4 is 5.91 Å². The normalized spacial score (nSPS) is 15.8. The SMILES string of the molecule is Cc1ncc(C(=O)NC2(c3ccc(F)cc3F)CCC2)c(C)n1. The maximum Gasteiger partial charge on any atom is 0.255 e. The van der Waals surface area contributed by atoms with Crippen LogP contribution in [-0.4, -0.2) is 15.9 Å². The third-order valence-corrected chi connectivity index (χ3v) is 4.35. The van der Waals surface area contributed by atoms with Crippen molar-refractivity contribution in [3.63, 3.8) is 0 Å². The number of benzene rings is 1. The van der Waals surface area contributed by atoms with Crippen LogP contribution in [0.1, 0.15) is 46.7 Å². The number of nitrogens with zero attached hydrogens (tertiary/aromatic N) is 2. The summed E-state index contributed by atoms with van der Waals surface area (Å²) in [6.45, 7) is 3.48. The molecule has 0 saturated heterocycles. The van der Waals surface area contributed by atoms with Crippen molar-refractivity contribution in [2.45, 2.75) is 38.6 Å². The minimum atomic E-state index is -0.786. The Morgan fingerprint density at radius 1 is 1.26 bits per heavy atom. The molecule has 0 aliphatic heterocycles. The molecule has 1 N–H and O–H groups in total. The predicted molar refractivity (Wildman–Crippen MR) is 80.9 cm³/mol. The van der Waals surface area contributed by atoms with Crippen LogP contribution < -0.4 is 5.32 Å². The van der Waals surface area contributed by atoms with Gasteiger partial charge in [-0.2, -0.15) is 0 Å². The lowest BCUT2D eigenvalue weighted by molar-refractivity contribution is 0.0816. The highest BCUT2D eigenvalue weighted by Crippen LogP contribution is 2.42. The van der Waals surface area contributed by atoms with Crippen LogP contribution in [0.4, 0.5) is 8.78 Å². The largest absolute Gasteiger partial charge is 0.342 e. The molecule has 2 aromatic rings. The van der Waals surface area contributed by atoms with E-state index in [1.165, 1.54) is 18.3 Å². The summed E-state index contributed by atoms with van der Waals surface area (Å²) in [5.74, 6) is -1.02. The van der Waals surface area contributed by atoms with Gasteiger partial charge in [0, 0.05) is 17.8 Å². The van der Waals surface area contributed by atoms with Crippen molar-refractivity contribution in [2.24, 2.45) is 0 Å². The summed E-state index contributed by atoms with van der Waals surface area (Å²) in [4.78, 5) is 20.8. The zero-order chi connectivity index (χ0) is 16.6. The van der Waals surface area contributed by atoms with Gasteiger partial charge in [0.1, 0.15) is 17.5 Å². The van der Waals surface area contributed by atoms with Gasteiger partial charge < -0.3 is 5.32 Å². The van der Waals surface area contributed by atoms with Crippen LogP contribution in [0.25, 0.3) is 0 Å². The summed E-state index contributed by atoms with van der Waals surface area (Å²) in [7, 11) is 0. The fourth-order valence-electron chi connectivity index (χ4n) is 2.96. The fourth-order valence-corrected chi connectivity index (χ4v) is 2.96. The number of hydrogen-bond donors (Lipinski definition) is 1. The predicted octanol–water partition coefficient (Wildman–Crippen LogP) is 3.18. The summed E-state index contributed by atoms with van der Waals surface area (Å²) >= 11 is 0. The zero-order valence-electron chi connectivity index (χ0n) is 13.0. The van der Waals surface area contributed by atoms with Gasteiger partial charge in [-0.05, 0) is 39.2 Å². The molecular formula is C17H17F2N3O. The number of carbonyl (C=O) groups is 1. The Labute approximate surface area is 133 Å².